The predicted molar refractivity (Wildman–Crippen MR) is 41.2 cm³/mol. The van der Waals surface area contributed by atoms with E-state index in [2.05, 4.69) is 0 Å². The first-order valence-corrected chi connectivity index (χ1v) is 4.70. The van der Waals surface area contributed by atoms with Gasteiger partial charge in [0, 0.05) is 6.54 Å². The molecular formula is C5H11NO5S. The van der Waals surface area contributed by atoms with Crippen molar-refractivity contribution in [1.29, 1.82) is 0 Å². The summed E-state index contributed by atoms with van der Waals surface area (Å²) in [6.45, 7) is 0.764. The van der Waals surface area contributed by atoms with Crippen LogP contribution in [0.1, 0.15) is 6.92 Å². The van der Waals surface area contributed by atoms with Gasteiger partial charge in [-0.2, -0.15) is 8.42 Å². The quantitative estimate of drug-likeness (QED) is 0.493. The van der Waals surface area contributed by atoms with E-state index in [0.29, 0.717) is 0 Å². The summed E-state index contributed by atoms with van der Waals surface area (Å²) in [5.74, 6) is -2.51. The molecular weight excluding hydrogens is 186 g/mol. The zero-order valence-corrected chi connectivity index (χ0v) is 7.28. The molecule has 0 aliphatic carbocycles. The van der Waals surface area contributed by atoms with Crippen LogP contribution in [0.15, 0.2) is 0 Å². The van der Waals surface area contributed by atoms with Gasteiger partial charge < -0.3 is 10.8 Å². The molecule has 0 aromatic rings. The molecule has 0 rings (SSSR count). The van der Waals surface area contributed by atoms with Gasteiger partial charge in [0.25, 0.3) is 10.1 Å². The Kier molecular flexibility index (Phi) is 3.62. The lowest BCUT2D eigenvalue weighted by molar-refractivity contribution is -0.141. The first-order valence-electron chi connectivity index (χ1n) is 3.20. The van der Waals surface area contributed by atoms with E-state index in [4.69, 9.17) is 15.4 Å². The predicted octanol–water partition coefficient (Wildman–Crippen LogP) is -1.08. The van der Waals surface area contributed by atoms with Crippen molar-refractivity contribution in [3.63, 3.8) is 0 Å². The summed E-state index contributed by atoms with van der Waals surface area (Å²) in [7, 11) is -4.37. The first kappa shape index (κ1) is 11.3. The molecule has 0 aromatic heterocycles. The molecule has 7 heteroatoms. The van der Waals surface area contributed by atoms with Crippen molar-refractivity contribution < 1.29 is 22.9 Å². The van der Waals surface area contributed by atoms with Crippen molar-refractivity contribution in [1.82, 2.24) is 0 Å². The molecule has 2 unspecified atom stereocenters. The van der Waals surface area contributed by atoms with E-state index < -0.39 is 33.8 Å². The molecule has 0 aliphatic heterocycles. The Labute approximate surface area is 70.1 Å². The fourth-order valence-corrected chi connectivity index (χ4v) is 1.62. The zero-order valence-electron chi connectivity index (χ0n) is 6.47. The second-order valence-corrected chi connectivity index (χ2v) is 4.05. The van der Waals surface area contributed by atoms with Crippen molar-refractivity contribution in [2.24, 2.45) is 11.7 Å². The van der Waals surface area contributed by atoms with Crippen molar-refractivity contribution in [3.8, 4) is 0 Å². The van der Waals surface area contributed by atoms with Gasteiger partial charge in [-0.25, -0.2) is 0 Å². The summed E-state index contributed by atoms with van der Waals surface area (Å²) >= 11 is 0. The third kappa shape index (κ3) is 2.76. The third-order valence-electron chi connectivity index (χ3n) is 1.56. The summed E-state index contributed by atoms with van der Waals surface area (Å²) in [5.41, 5.74) is 5.00. The van der Waals surface area contributed by atoms with E-state index >= 15 is 0 Å². The van der Waals surface area contributed by atoms with Crippen molar-refractivity contribution in [3.05, 3.63) is 0 Å². The number of carboxylic acids is 1. The van der Waals surface area contributed by atoms with Crippen LogP contribution in [0.25, 0.3) is 0 Å². The molecule has 0 heterocycles. The minimum atomic E-state index is -4.37. The highest BCUT2D eigenvalue weighted by Crippen LogP contribution is 2.10. The smallest absolute Gasteiger partial charge is 0.307 e. The Bertz CT molecular complexity index is 259. The van der Waals surface area contributed by atoms with Crippen LogP contribution < -0.4 is 5.73 Å². The van der Waals surface area contributed by atoms with Gasteiger partial charge in [0.1, 0.15) is 5.25 Å². The summed E-state index contributed by atoms with van der Waals surface area (Å²) in [4.78, 5) is 10.3. The Morgan fingerprint density at radius 2 is 2.00 bits per heavy atom. The molecule has 0 bridgehead atoms. The standard InChI is InChI=1S/C5H11NO5S/c1-3(5(7)8)4(2-6)12(9,10)11/h3-4H,2,6H2,1H3,(H,7,8)(H,9,10,11). The summed E-state index contributed by atoms with van der Waals surface area (Å²) < 4.78 is 29.6. The van der Waals surface area contributed by atoms with E-state index in [1.165, 1.54) is 6.92 Å². The number of hydrogen-bond donors (Lipinski definition) is 3. The minimum absolute atomic E-state index is 0.410. The summed E-state index contributed by atoms with van der Waals surface area (Å²) in [6, 6.07) is 0. The minimum Gasteiger partial charge on any atom is -0.481 e. The average Bonchev–Trinajstić information content (AvgIpc) is 1.85. The average molecular weight is 197 g/mol. The molecule has 0 amide bonds. The van der Waals surface area contributed by atoms with Gasteiger partial charge in [0.05, 0.1) is 5.92 Å². The van der Waals surface area contributed by atoms with Crippen molar-refractivity contribution in [2.75, 3.05) is 6.54 Å². The van der Waals surface area contributed by atoms with E-state index in [1.807, 2.05) is 0 Å². The second-order valence-electron chi connectivity index (χ2n) is 2.42. The maximum absolute atomic E-state index is 10.5. The second kappa shape index (κ2) is 3.83. The van der Waals surface area contributed by atoms with Crippen LogP contribution >= 0.6 is 0 Å². The fraction of sp³-hybridized carbons (Fsp3) is 0.800. The molecule has 4 N–H and O–H groups in total. The van der Waals surface area contributed by atoms with Crippen LogP contribution in [0.3, 0.4) is 0 Å². The first-order chi connectivity index (χ1) is 5.30. The van der Waals surface area contributed by atoms with Gasteiger partial charge in [0.15, 0.2) is 0 Å². The lowest BCUT2D eigenvalue weighted by atomic mass is 10.1. The van der Waals surface area contributed by atoms with Crippen molar-refractivity contribution in [2.45, 2.75) is 12.2 Å². The number of carbonyl (C=O) groups is 1. The van der Waals surface area contributed by atoms with Crippen LogP contribution in [-0.2, 0) is 14.9 Å². The maximum atomic E-state index is 10.5. The lowest BCUT2D eigenvalue weighted by Crippen LogP contribution is -2.38. The highest BCUT2D eigenvalue weighted by atomic mass is 32.2. The number of rotatable bonds is 4. The maximum Gasteiger partial charge on any atom is 0.307 e. The van der Waals surface area contributed by atoms with Gasteiger partial charge in [-0.05, 0) is 0 Å². The molecule has 0 aromatic carbocycles. The van der Waals surface area contributed by atoms with Gasteiger partial charge in [0.2, 0.25) is 0 Å². The SMILES string of the molecule is CC(C(=O)O)C(CN)S(=O)(=O)O. The largest absolute Gasteiger partial charge is 0.481 e. The Balaban J connectivity index is 4.70. The van der Waals surface area contributed by atoms with Gasteiger partial charge in [-0.1, -0.05) is 6.92 Å². The highest BCUT2D eigenvalue weighted by Gasteiger charge is 2.32. The van der Waals surface area contributed by atoms with Crippen LogP contribution in [0, 0.1) is 5.92 Å². The normalized spacial score (nSPS) is 16.9. The molecule has 0 aliphatic rings. The van der Waals surface area contributed by atoms with Gasteiger partial charge in [-0.15, -0.1) is 0 Å². The molecule has 0 fully saturated rings. The van der Waals surface area contributed by atoms with E-state index in [-0.39, 0.29) is 0 Å². The van der Waals surface area contributed by atoms with Gasteiger partial charge >= 0.3 is 5.97 Å². The van der Waals surface area contributed by atoms with Crippen LogP contribution in [-0.4, -0.2) is 35.8 Å². The number of aliphatic carboxylic acids is 1. The third-order valence-corrected chi connectivity index (χ3v) is 2.93. The van der Waals surface area contributed by atoms with Gasteiger partial charge in [-0.3, -0.25) is 9.35 Å². The highest BCUT2D eigenvalue weighted by molar-refractivity contribution is 7.86. The van der Waals surface area contributed by atoms with E-state index in [1.54, 1.807) is 0 Å². The summed E-state index contributed by atoms with van der Waals surface area (Å²) in [6.07, 6.45) is 0. The lowest BCUT2D eigenvalue weighted by Gasteiger charge is -2.14. The van der Waals surface area contributed by atoms with Crippen LogP contribution in [0.5, 0.6) is 0 Å². The Morgan fingerprint density at radius 3 is 2.08 bits per heavy atom. The number of hydrogen-bond acceptors (Lipinski definition) is 4. The zero-order chi connectivity index (χ0) is 9.94. The Hall–Kier alpha value is -0.660. The monoisotopic (exact) mass is 197 g/mol. The van der Waals surface area contributed by atoms with Crippen LogP contribution in [0.4, 0.5) is 0 Å². The summed E-state index contributed by atoms with van der Waals surface area (Å²) in [5, 5.41) is 6.98. The molecule has 12 heavy (non-hydrogen) atoms. The molecule has 6 nitrogen and oxygen atoms in total. The molecule has 0 radical (unpaired) electrons. The number of carboxylic acid groups (broad SMARTS) is 1. The molecule has 0 spiro atoms. The number of nitrogens with two attached hydrogens (primary N) is 1. The fourth-order valence-electron chi connectivity index (χ4n) is 0.743. The van der Waals surface area contributed by atoms with Crippen LogP contribution in [0.2, 0.25) is 0 Å². The van der Waals surface area contributed by atoms with E-state index in [0.717, 1.165) is 0 Å². The Morgan fingerprint density at radius 1 is 1.58 bits per heavy atom. The topological polar surface area (TPSA) is 118 Å². The molecule has 0 saturated carbocycles. The van der Waals surface area contributed by atoms with Crippen molar-refractivity contribution >= 4 is 16.1 Å². The molecule has 72 valence electrons. The molecule has 0 saturated heterocycles. The molecule has 2 atom stereocenters. The van der Waals surface area contributed by atoms with E-state index in [9.17, 15) is 13.2 Å².